The lowest BCUT2D eigenvalue weighted by molar-refractivity contribution is 0.0225. The minimum Gasteiger partial charge on any atom is -0.472 e. The molecule has 0 saturated heterocycles. The molecule has 0 aliphatic heterocycles. The van der Waals surface area contributed by atoms with Gasteiger partial charge in [-0.25, -0.2) is 0 Å². The average Bonchev–Trinajstić information content (AvgIpc) is 3.01. The van der Waals surface area contributed by atoms with E-state index in [9.17, 15) is 5.11 Å². The Kier molecular flexibility index (Phi) is 5.01. The van der Waals surface area contributed by atoms with E-state index in [1.165, 1.54) is 0 Å². The molecule has 2 rings (SSSR count). The van der Waals surface area contributed by atoms with Gasteiger partial charge in [-0.3, -0.25) is 0 Å². The Bertz CT molecular complexity index is 370. The smallest absolute Gasteiger partial charge is 0.129 e. The molecule has 0 radical (unpaired) electrons. The summed E-state index contributed by atoms with van der Waals surface area (Å²) in [4.78, 5) is 0. The molecule has 98 valence electrons. The van der Waals surface area contributed by atoms with Crippen molar-refractivity contribution in [3.05, 3.63) is 48.3 Å². The molecule has 0 spiro atoms. The third-order valence-electron chi connectivity index (χ3n) is 2.42. The molecular weight excluding hydrogens is 234 g/mol. The van der Waals surface area contributed by atoms with Gasteiger partial charge in [-0.1, -0.05) is 0 Å². The van der Waals surface area contributed by atoms with Gasteiger partial charge in [0.05, 0.1) is 31.5 Å². The molecule has 0 aliphatic rings. The Morgan fingerprint density at radius 1 is 1.33 bits per heavy atom. The van der Waals surface area contributed by atoms with Crippen molar-refractivity contribution in [2.24, 2.45) is 0 Å². The fraction of sp³-hybridized carbons (Fsp3) is 0.385. The molecule has 2 heterocycles. The van der Waals surface area contributed by atoms with Gasteiger partial charge in [0.15, 0.2) is 0 Å². The molecule has 2 aromatic heterocycles. The van der Waals surface area contributed by atoms with Crippen molar-refractivity contribution in [3.63, 3.8) is 0 Å². The van der Waals surface area contributed by atoms with Crippen LogP contribution in [0.2, 0.25) is 0 Å². The fourth-order valence-electron chi connectivity index (χ4n) is 1.53. The Balaban J connectivity index is 1.53. The lowest BCUT2D eigenvalue weighted by atomic mass is 10.3. The number of hydrogen-bond acceptors (Lipinski definition) is 5. The van der Waals surface area contributed by atoms with Crippen LogP contribution in [0.1, 0.15) is 11.3 Å². The quantitative estimate of drug-likeness (QED) is 0.745. The monoisotopic (exact) mass is 251 g/mol. The summed E-state index contributed by atoms with van der Waals surface area (Å²) >= 11 is 0. The molecule has 0 aromatic carbocycles. The number of rotatable bonds is 8. The molecule has 1 unspecified atom stereocenters. The second-order valence-corrected chi connectivity index (χ2v) is 4.01. The van der Waals surface area contributed by atoms with Gasteiger partial charge < -0.3 is 24.0 Å². The zero-order chi connectivity index (χ0) is 12.6. The summed E-state index contributed by atoms with van der Waals surface area (Å²) in [6.07, 6.45) is 4.36. The highest BCUT2D eigenvalue weighted by Gasteiger charge is 2.05. The van der Waals surface area contributed by atoms with E-state index < -0.39 is 6.10 Å². The van der Waals surface area contributed by atoms with E-state index in [0.717, 1.165) is 11.3 Å². The lowest BCUT2D eigenvalue weighted by Crippen LogP contribution is -2.29. The third-order valence-corrected chi connectivity index (χ3v) is 2.42. The van der Waals surface area contributed by atoms with Gasteiger partial charge in [0, 0.05) is 18.7 Å². The first-order valence-corrected chi connectivity index (χ1v) is 5.84. The second kappa shape index (κ2) is 7.00. The number of nitrogens with one attached hydrogen (secondary N) is 1. The first-order valence-electron chi connectivity index (χ1n) is 5.84. The van der Waals surface area contributed by atoms with Gasteiger partial charge in [-0.05, 0) is 18.2 Å². The third kappa shape index (κ3) is 4.37. The first kappa shape index (κ1) is 12.9. The zero-order valence-electron chi connectivity index (χ0n) is 10.0. The molecule has 0 fully saturated rings. The minimum atomic E-state index is -0.535. The van der Waals surface area contributed by atoms with E-state index in [1.54, 1.807) is 18.8 Å². The van der Waals surface area contributed by atoms with Gasteiger partial charge >= 0.3 is 0 Å². The molecule has 18 heavy (non-hydrogen) atoms. The van der Waals surface area contributed by atoms with Gasteiger partial charge in [-0.2, -0.15) is 0 Å². The van der Waals surface area contributed by atoms with Gasteiger partial charge in [-0.15, -0.1) is 0 Å². The topological polar surface area (TPSA) is 67.8 Å². The van der Waals surface area contributed by atoms with Crippen LogP contribution in [-0.2, 0) is 17.9 Å². The first-order chi connectivity index (χ1) is 8.84. The van der Waals surface area contributed by atoms with Crippen molar-refractivity contribution in [1.82, 2.24) is 5.32 Å². The Hall–Kier alpha value is -1.56. The maximum atomic E-state index is 9.66. The van der Waals surface area contributed by atoms with Crippen molar-refractivity contribution in [2.75, 3.05) is 13.2 Å². The highest BCUT2D eigenvalue weighted by molar-refractivity contribution is 5.04. The molecule has 5 nitrogen and oxygen atoms in total. The van der Waals surface area contributed by atoms with Crippen molar-refractivity contribution in [1.29, 1.82) is 0 Å². The summed E-state index contributed by atoms with van der Waals surface area (Å²) in [5, 5.41) is 12.8. The van der Waals surface area contributed by atoms with E-state index in [1.807, 2.05) is 18.2 Å². The van der Waals surface area contributed by atoms with E-state index in [2.05, 4.69) is 5.32 Å². The zero-order valence-corrected chi connectivity index (χ0v) is 10.0. The summed E-state index contributed by atoms with van der Waals surface area (Å²) in [6.45, 7) is 1.81. The van der Waals surface area contributed by atoms with Crippen molar-refractivity contribution >= 4 is 0 Å². The van der Waals surface area contributed by atoms with E-state index in [0.29, 0.717) is 19.7 Å². The van der Waals surface area contributed by atoms with Crippen LogP contribution in [0.15, 0.2) is 45.8 Å². The lowest BCUT2D eigenvalue weighted by Gasteiger charge is -2.11. The molecule has 2 N–H and O–H groups in total. The van der Waals surface area contributed by atoms with Crippen LogP contribution >= 0.6 is 0 Å². The fourth-order valence-corrected chi connectivity index (χ4v) is 1.53. The van der Waals surface area contributed by atoms with Crippen LogP contribution in [0.5, 0.6) is 0 Å². The number of hydrogen-bond donors (Lipinski definition) is 2. The maximum absolute atomic E-state index is 9.66. The SMILES string of the molecule is OC(CNCc1ccoc1)COCc1ccco1. The molecule has 0 bridgehead atoms. The summed E-state index contributed by atoms with van der Waals surface area (Å²) in [7, 11) is 0. The van der Waals surface area contributed by atoms with Crippen LogP contribution < -0.4 is 5.32 Å². The molecule has 5 heteroatoms. The predicted octanol–water partition coefficient (Wildman–Crippen LogP) is 1.54. The van der Waals surface area contributed by atoms with E-state index in [4.69, 9.17) is 13.6 Å². The molecule has 0 saturated carbocycles. The molecular formula is C13H17NO4. The van der Waals surface area contributed by atoms with Crippen LogP contribution in [0.3, 0.4) is 0 Å². The maximum Gasteiger partial charge on any atom is 0.129 e. The summed E-state index contributed by atoms with van der Waals surface area (Å²) in [6, 6.07) is 5.53. The van der Waals surface area contributed by atoms with Crippen molar-refractivity contribution < 1.29 is 18.7 Å². The Morgan fingerprint density at radius 3 is 3.00 bits per heavy atom. The second-order valence-electron chi connectivity index (χ2n) is 4.01. The van der Waals surface area contributed by atoms with Crippen LogP contribution in [0.4, 0.5) is 0 Å². The normalized spacial score (nSPS) is 12.7. The highest BCUT2D eigenvalue weighted by atomic mass is 16.5. The molecule has 0 amide bonds. The van der Waals surface area contributed by atoms with Crippen LogP contribution in [0.25, 0.3) is 0 Å². The average molecular weight is 251 g/mol. The van der Waals surface area contributed by atoms with Gasteiger partial charge in [0.1, 0.15) is 12.4 Å². The summed E-state index contributed by atoms with van der Waals surface area (Å²) in [5.74, 6) is 0.758. The van der Waals surface area contributed by atoms with Crippen molar-refractivity contribution in [3.8, 4) is 0 Å². The number of aliphatic hydroxyl groups is 1. The van der Waals surface area contributed by atoms with Crippen molar-refractivity contribution in [2.45, 2.75) is 19.3 Å². The van der Waals surface area contributed by atoms with E-state index in [-0.39, 0.29) is 6.61 Å². The van der Waals surface area contributed by atoms with Gasteiger partial charge in [0.25, 0.3) is 0 Å². The predicted molar refractivity (Wildman–Crippen MR) is 64.8 cm³/mol. The number of aliphatic hydroxyl groups excluding tert-OH is 1. The molecule has 0 aliphatic carbocycles. The molecule has 2 aromatic rings. The van der Waals surface area contributed by atoms with E-state index >= 15 is 0 Å². The standard InChI is InChI=1S/C13H17NO4/c15-12(7-14-6-11-3-5-16-8-11)9-17-10-13-2-1-4-18-13/h1-5,8,12,14-15H,6-7,9-10H2. The molecule has 1 atom stereocenters. The number of ether oxygens (including phenoxy) is 1. The number of furan rings is 2. The minimum absolute atomic E-state index is 0.277. The highest BCUT2D eigenvalue weighted by Crippen LogP contribution is 2.02. The summed E-state index contributed by atoms with van der Waals surface area (Å²) in [5.41, 5.74) is 1.05. The van der Waals surface area contributed by atoms with Gasteiger partial charge in [0.2, 0.25) is 0 Å². The summed E-state index contributed by atoms with van der Waals surface area (Å²) < 4.78 is 15.4. The largest absolute Gasteiger partial charge is 0.472 e. The Labute approximate surface area is 105 Å². The van der Waals surface area contributed by atoms with Crippen LogP contribution in [0, 0.1) is 0 Å². The van der Waals surface area contributed by atoms with Crippen LogP contribution in [-0.4, -0.2) is 24.4 Å². The Morgan fingerprint density at radius 2 is 2.28 bits per heavy atom.